The van der Waals surface area contributed by atoms with E-state index >= 15 is 0 Å². The van der Waals surface area contributed by atoms with Gasteiger partial charge in [-0.3, -0.25) is 4.98 Å². The molecule has 0 fully saturated rings. The Bertz CT molecular complexity index is 599. The van der Waals surface area contributed by atoms with Gasteiger partial charge >= 0.3 is 0 Å². The molecule has 5 nitrogen and oxygen atoms in total. The van der Waals surface area contributed by atoms with Crippen LogP contribution in [0.3, 0.4) is 0 Å². The summed E-state index contributed by atoms with van der Waals surface area (Å²) in [5.41, 5.74) is 8.77. The molecule has 0 spiro atoms. The summed E-state index contributed by atoms with van der Waals surface area (Å²) in [5.74, 6) is 1.66. The standard InChI is InChI=1S/C16H22N4O/c1-11(2)10-21-16-14(17)4-5-15(20-16)19-9-13-8-18-7-6-12(13)3/h4-8,11H,9-10,17H2,1-3H3,(H,19,20). The first-order valence-electron chi connectivity index (χ1n) is 7.09. The Hall–Kier alpha value is -2.30. The first-order chi connectivity index (χ1) is 10.1. The van der Waals surface area contributed by atoms with Crippen molar-refractivity contribution < 1.29 is 4.74 Å². The van der Waals surface area contributed by atoms with Gasteiger partial charge in [0, 0.05) is 18.9 Å². The predicted molar refractivity (Wildman–Crippen MR) is 85.3 cm³/mol. The molecule has 0 unspecified atom stereocenters. The molecule has 0 bridgehead atoms. The van der Waals surface area contributed by atoms with Crippen LogP contribution in [-0.2, 0) is 6.54 Å². The number of hydrogen-bond acceptors (Lipinski definition) is 5. The van der Waals surface area contributed by atoms with Gasteiger partial charge in [0.1, 0.15) is 5.82 Å². The third kappa shape index (κ3) is 4.34. The van der Waals surface area contributed by atoms with Crippen LogP contribution in [-0.4, -0.2) is 16.6 Å². The second-order valence-corrected chi connectivity index (χ2v) is 5.45. The van der Waals surface area contributed by atoms with Gasteiger partial charge in [-0.2, -0.15) is 4.98 Å². The highest BCUT2D eigenvalue weighted by atomic mass is 16.5. The molecule has 0 aliphatic carbocycles. The van der Waals surface area contributed by atoms with Gasteiger partial charge < -0.3 is 15.8 Å². The lowest BCUT2D eigenvalue weighted by molar-refractivity contribution is 0.263. The second kappa shape index (κ2) is 6.92. The highest BCUT2D eigenvalue weighted by Gasteiger charge is 2.06. The highest BCUT2D eigenvalue weighted by Crippen LogP contribution is 2.22. The van der Waals surface area contributed by atoms with Crippen LogP contribution in [0.5, 0.6) is 5.88 Å². The summed E-state index contributed by atoms with van der Waals surface area (Å²) in [5, 5.41) is 3.27. The van der Waals surface area contributed by atoms with E-state index < -0.39 is 0 Å². The summed E-state index contributed by atoms with van der Waals surface area (Å²) < 4.78 is 5.63. The molecule has 0 saturated heterocycles. The maximum Gasteiger partial charge on any atom is 0.239 e. The van der Waals surface area contributed by atoms with Gasteiger partial charge in [-0.05, 0) is 42.2 Å². The average Bonchev–Trinajstić information content (AvgIpc) is 2.46. The Balaban J connectivity index is 2.03. The van der Waals surface area contributed by atoms with Crippen molar-refractivity contribution in [2.75, 3.05) is 17.7 Å². The first-order valence-corrected chi connectivity index (χ1v) is 7.09. The first kappa shape index (κ1) is 15.1. The largest absolute Gasteiger partial charge is 0.476 e. The SMILES string of the molecule is Cc1ccncc1CNc1ccc(N)c(OCC(C)C)n1. The molecule has 21 heavy (non-hydrogen) atoms. The van der Waals surface area contributed by atoms with Gasteiger partial charge in [-0.15, -0.1) is 0 Å². The number of aryl methyl sites for hydroxylation is 1. The van der Waals surface area contributed by atoms with E-state index in [4.69, 9.17) is 10.5 Å². The summed E-state index contributed by atoms with van der Waals surface area (Å²) >= 11 is 0. The van der Waals surface area contributed by atoms with Crippen LogP contribution < -0.4 is 15.8 Å². The number of nitrogens with zero attached hydrogens (tertiary/aromatic N) is 2. The zero-order valence-electron chi connectivity index (χ0n) is 12.8. The van der Waals surface area contributed by atoms with Crippen molar-refractivity contribution in [1.29, 1.82) is 0 Å². The van der Waals surface area contributed by atoms with Crippen molar-refractivity contribution in [1.82, 2.24) is 9.97 Å². The van der Waals surface area contributed by atoms with Crippen molar-refractivity contribution in [2.24, 2.45) is 5.92 Å². The van der Waals surface area contributed by atoms with Gasteiger partial charge in [0.15, 0.2) is 0 Å². The zero-order chi connectivity index (χ0) is 15.2. The van der Waals surface area contributed by atoms with Crippen LogP contribution in [0.25, 0.3) is 0 Å². The molecular weight excluding hydrogens is 264 g/mol. The van der Waals surface area contributed by atoms with E-state index in [9.17, 15) is 0 Å². The molecular formula is C16H22N4O. The van der Waals surface area contributed by atoms with Crippen molar-refractivity contribution in [2.45, 2.75) is 27.3 Å². The second-order valence-electron chi connectivity index (χ2n) is 5.45. The predicted octanol–water partition coefficient (Wildman–Crippen LogP) is 3.01. The number of nitrogen functional groups attached to an aromatic ring is 1. The summed E-state index contributed by atoms with van der Waals surface area (Å²) in [4.78, 5) is 8.54. The molecule has 2 heterocycles. The fraction of sp³-hybridized carbons (Fsp3) is 0.375. The van der Waals surface area contributed by atoms with Gasteiger partial charge in [-0.25, -0.2) is 0 Å². The topological polar surface area (TPSA) is 73.1 Å². The smallest absolute Gasteiger partial charge is 0.239 e. The number of pyridine rings is 2. The maximum absolute atomic E-state index is 5.88. The summed E-state index contributed by atoms with van der Waals surface area (Å²) in [6.45, 7) is 7.50. The van der Waals surface area contributed by atoms with Crippen LogP contribution in [0.4, 0.5) is 11.5 Å². The normalized spacial score (nSPS) is 10.7. The fourth-order valence-corrected chi connectivity index (χ4v) is 1.78. The third-order valence-corrected chi connectivity index (χ3v) is 3.05. The quantitative estimate of drug-likeness (QED) is 0.854. The van der Waals surface area contributed by atoms with E-state index in [0.29, 0.717) is 30.6 Å². The fourth-order valence-electron chi connectivity index (χ4n) is 1.78. The summed E-state index contributed by atoms with van der Waals surface area (Å²) in [6.07, 6.45) is 3.65. The molecule has 0 saturated carbocycles. The molecule has 0 aliphatic heterocycles. The van der Waals surface area contributed by atoms with Gasteiger partial charge in [-0.1, -0.05) is 13.8 Å². The summed E-state index contributed by atoms with van der Waals surface area (Å²) in [6, 6.07) is 5.65. The van der Waals surface area contributed by atoms with Crippen molar-refractivity contribution >= 4 is 11.5 Å². The molecule has 2 aromatic heterocycles. The molecule has 0 amide bonds. The highest BCUT2D eigenvalue weighted by molar-refractivity contribution is 5.53. The van der Waals surface area contributed by atoms with E-state index in [1.807, 2.05) is 18.3 Å². The minimum atomic E-state index is 0.431. The molecule has 3 N–H and O–H groups in total. The Morgan fingerprint density at radius 1 is 1.29 bits per heavy atom. The minimum Gasteiger partial charge on any atom is -0.476 e. The number of anilines is 2. The zero-order valence-corrected chi connectivity index (χ0v) is 12.8. The molecule has 0 radical (unpaired) electrons. The van der Waals surface area contributed by atoms with E-state index in [1.165, 1.54) is 5.56 Å². The van der Waals surface area contributed by atoms with Crippen LogP contribution >= 0.6 is 0 Å². The van der Waals surface area contributed by atoms with Crippen molar-refractivity contribution in [3.8, 4) is 5.88 Å². The average molecular weight is 286 g/mol. The number of hydrogen-bond donors (Lipinski definition) is 2. The summed E-state index contributed by atoms with van der Waals surface area (Å²) in [7, 11) is 0. The lowest BCUT2D eigenvalue weighted by atomic mass is 10.1. The van der Waals surface area contributed by atoms with Crippen LogP contribution in [0.1, 0.15) is 25.0 Å². The monoisotopic (exact) mass is 286 g/mol. The Morgan fingerprint density at radius 3 is 2.81 bits per heavy atom. The van der Waals surface area contributed by atoms with Gasteiger partial charge in [0.2, 0.25) is 5.88 Å². The van der Waals surface area contributed by atoms with Crippen molar-refractivity contribution in [3.05, 3.63) is 41.7 Å². The molecule has 0 aliphatic rings. The number of ether oxygens (including phenoxy) is 1. The number of aromatic nitrogens is 2. The maximum atomic E-state index is 5.88. The lowest BCUT2D eigenvalue weighted by Crippen LogP contribution is -2.09. The molecule has 0 aromatic carbocycles. The minimum absolute atomic E-state index is 0.431. The van der Waals surface area contributed by atoms with Crippen LogP contribution in [0.2, 0.25) is 0 Å². The Kier molecular flexibility index (Phi) is 4.98. The van der Waals surface area contributed by atoms with E-state index in [-0.39, 0.29) is 0 Å². The molecule has 112 valence electrons. The molecule has 0 atom stereocenters. The molecule has 2 rings (SSSR count). The van der Waals surface area contributed by atoms with Crippen LogP contribution in [0, 0.1) is 12.8 Å². The molecule has 2 aromatic rings. The number of nitrogens with one attached hydrogen (secondary N) is 1. The van der Waals surface area contributed by atoms with E-state index in [2.05, 4.69) is 36.1 Å². The Morgan fingerprint density at radius 2 is 2.10 bits per heavy atom. The van der Waals surface area contributed by atoms with Crippen LogP contribution in [0.15, 0.2) is 30.6 Å². The number of rotatable bonds is 6. The van der Waals surface area contributed by atoms with E-state index in [1.54, 1.807) is 12.3 Å². The van der Waals surface area contributed by atoms with Gasteiger partial charge in [0.05, 0.1) is 12.3 Å². The Labute approximate surface area is 125 Å². The van der Waals surface area contributed by atoms with Gasteiger partial charge in [0.25, 0.3) is 0 Å². The lowest BCUT2D eigenvalue weighted by Gasteiger charge is -2.12. The molecule has 5 heteroatoms. The van der Waals surface area contributed by atoms with E-state index in [0.717, 1.165) is 11.4 Å². The third-order valence-electron chi connectivity index (χ3n) is 3.05. The number of nitrogens with two attached hydrogens (primary N) is 1. The van der Waals surface area contributed by atoms with Crippen molar-refractivity contribution in [3.63, 3.8) is 0 Å².